The predicted molar refractivity (Wildman–Crippen MR) is 84.2 cm³/mol. The average molecular weight is 306 g/mol. The lowest BCUT2D eigenvalue weighted by Crippen LogP contribution is -2.10. The molecule has 0 saturated carbocycles. The molecule has 0 heterocycles. The van der Waals surface area contributed by atoms with Crippen LogP contribution in [0.15, 0.2) is 42.5 Å². The number of nitrogens with one attached hydrogen (secondary N) is 1. The Kier molecular flexibility index (Phi) is 5.03. The maximum Gasteiger partial charge on any atom is 0.248 e. The highest BCUT2D eigenvalue weighted by atomic mass is 35.5. The summed E-state index contributed by atoms with van der Waals surface area (Å²) in [4.78, 5) is 11.1. The lowest BCUT2D eigenvalue weighted by molar-refractivity contribution is 0.100. The van der Waals surface area contributed by atoms with E-state index in [1.807, 2.05) is 24.3 Å². The van der Waals surface area contributed by atoms with Crippen LogP contribution in [-0.4, -0.2) is 19.1 Å². The molecule has 0 bridgehead atoms. The molecule has 0 aliphatic heterocycles. The van der Waals surface area contributed by atoms with Gasteiger partial charge in [-0.3, -0.25) is 4.79 Å². The van der Waals surface area contributed by atoms with Gasteiger partial charge in [-0.15, -0.1) is 0 Å². The molecule has 1 amide bonds. The van der Waals surface area contributed by atoms with E-state index >= 15 is 0 Å². The Bertz CT molecular complexity index is 629. The number of hydrogen-bond donors (Lipinski definition) is 3. The molecule has 0 aromatic heterocycles. The second-order valence-electron chi connectivity index (χ2n) is 4.35. The third-order valence-corrected chi connectivity index (χ3v) is 3.09. The summed E-state index contributed by atoms with van der Waals surface area (Å²) < 4.78 is 5.40. The minimum Gasteiger partial charge on any atom is -0.492 e. The monoisotopic (exact) mass is 305 g/mol. The van der Waals surface area contributed by atoms with Crippen LogP contribution in [0.4, 0.5) is 11.4 Å². The van der Waals surface area contributed by atoms with E-state index in [2.05, 4.69) is 5.32 Å². The minimum absolute atomic E-state index is 0.371. The number of nitrogens with two attached hydrogens (primary N) is 2. The Hall–Kier alpha value is -2.24. The fraction of sp³-hybridized carbons (Fsp3) is 0.133. The number of carbonyl (C=O) groups excluding carboxylic acids is 1. The molecule has 0 unspecified atom stereocenters. The van der Waals surface area contributed by atoms with Gasteiger partial charge in [0.1, 0.15) is 12.4 Å². The van der Waals surface area contributed by atoms with Crippen LogP contribution in [0.1, 0.15) is 10.4 Å². The van der Waals surface area contributed by atoms with Gasteiger partial charge in [0, 0.05) is 17.8 Å². The molecule has 5 N–H and O–H groups in total. The lowest BCUT2D eigenvalue weighted by Gasteiger charge is -2.10. The Morgan fingerprint density at radius 3 is 2.48 bits per heavy atom. The van der Waals surface area contributed by atoms with E-state index in [1.54, 1.807) is 12.1 Å². The van der Waals surface area contributed by atoms with Crippen LogP contribution in [0, 0.1) is 0 Å². The smallest absolute Gasteiger partial charge is 0.248 e. The second kappa shape index (κ2) is 6.97. The van der Waals surface area contributed by atoms with E-state index in [-0.39, 0.29) is 0 Å². The SMILES string of the molecule is NCCOc1ccc(Nc2ccc(C(N)=O)cc2Cl)cc1. The Labute approximate surface area is 127 Å². The van der Waals surface area contributed by atoms with Crippen molar-refractivity contribution in [1.29, 1.82) is 0 Å². The summed E-state index contributed by atoms with van der Waals surface area (Å²) in [5, 5.41) is 3.58. The maximum atomic E-state index is 11.1. The number of carbonyl (C=O) groups is 1. The van der Waals surface area contributed by atoms with Crippen molar-refractivity contribution in [3.05, 3.63) is 53.1 Å². The van der Waals surface area contributed by atoms with Crippen molar-refractivity contribution < 1.29 is 9.53 Å². The van der Waals surface area contributed by atoms with Gasteiger partial charge in [-0.25, -0.2) is 0 Å². The Morgan fingerprint density at radius 1 is 1.19 bits per heavy atom. The fourth-order valence-corrected chi connectivity index (χ4v) is 1.96. The Balaban J connectivity index is 2.09. The number of halogens is 1. The molecule has 0 spiro atoms. The van der Waals surface area contributed by atoms with Gasteiger partial charge in [-0.05, 0) is 42.5 Å². The standard InChI is InChI=1S/C15H16ClN3O2/c16-13-9-10(15(18)20)1-6-14(13)19-11-2-4-12(5-3-11)21-8-7-17/h1-6,9,19H,7-8,17H2,(H2,18,20). The summed E-state index contributed by atoms with van der Waals surface area (Å²) in [6.07, 6.45) is 0. The van der Waals surface area contributed by atoms with Crippen molar-refractivity contribution in [2.75, 3.05) is 18.5 Å². The van der Waals surface area contributed by atoms with Crippen LogP contribution in [0.2, 0.25) is 5.02 Å². The van der Waals surface area contributed by atoms with Crippen LogP contribution in [-0.2, 0) is 0 Å². The largest absolute Gasteiger partial charge is 0.492 e. The summed E-state index contributed by atoms with van der Waals surface area (Å²) in [6.45, 7) is 0.953. The van der Waals surface area contributed by atoms with Crippen molar-refractivity contribution in [1.82, 2.24) is 0 Å². The van der Waals surface area contributed by atoms with Crippen molar-refractivity contribution >= 4 is 28.9 Å². The average Bonchev–Trinajstić information content (AvgIpc) is 2.48. The number of benzene rings is 2. The van der Waals surface area contributed by atoms with Crippen molar-refractivity contribution in [2.24, 2.45) is 11.5 Å². The third kappa shape index (κ3) is 4.11. The van der Waals surface area contributed by atoms with Crippen molar-refractivity contribution in [3.8, 4) is 5.75 Å². The molecule has 0 radical (unpaired) electrons. The molecular formula is C15H16ClN3O2. The molecule has 0 saturated heterocycles. The number of rotatable bonds is 6. The van der Waals surface area contributed by atoms with E-state index in [9.17, 15) is 4.79 Å². The van der Waals surface area contributed by atoms with Crippen LogP contribution >= 0.6 is 11.6 Å². The second-order valence-corrected chi connectivity index (χ2v) is 4.75. The molecule has 21 heavy (non-hydrogen) atoms. The minimum atomic E-state index is -0.509. The van der Waals surface area contributed by atoms with Gasteiger partial charge in [0.2, 0.25) is 5.91 Å². The first kappa shape index (κ1) is 15.2. The van der Waals surface area contributed by atoms with Gasteiger partial charge in [0.05, 0.1) is 10.7 Å². The molecule has 2 aromatic rings. The Morgan fingerprint density at radius 2 is 1.90 bits per heavy atom. The van der Waals surface area contributed by atoms with E-state index < -0.39 is 5.91 Å². The van der Waals surface area contributed by atoms with Crippen molar-refractivity contribution in [3.63, 3.8) is 0 Å². The number of anilines is 2. The van der Waals surface area contributed by atoms with Gasteiger partial charge in [-0.1, -0.05) is 11.6 Å². The molecule has 0 atom stereocenters. The van der Waals surface area contributed by atoms with Crippen molar-refractivity contribution in [2.45, 2.75) is 0 Å². The lowest BCUT2D eigenvalue weighted by atomic mass is 10.2. The molecule has 6 heteroatoms. The molecule has 5 nitrogen and oxygen atoms in total. The molecule has 0 aliphatic carbocycles. The molecule has 110 valence electrons. The maximum absolute atomic E-state index is 11.1. The highest BCUT2D eigenvalue weighted by Gasteiger charge is 2.06. The van der Waals surface area contributed by atoms with Crippen LogP contribution < -0.4 is 21.5 Å². The van der Waals surface area contributed by atoms with Gasteiger partial charge in [-0.2, -0.15) is 0 Å². The third-order valence-electron chi connectivity index (χ3n) is 2.77. The van der Waals surface area contributed by atoms with Gasteiger partial charge in [0.15, 0.2) is 0 Å². The highest BCUT2D eigenvalue weighted by Crippen LogP contribution is 2.27. The summed E-state index contributed by atoms with van der Waals surface area (Å²) in [5.41, 5.74) is 12.5. The summed E-state index contributed by atoms with van der Waals surface area (Å²) in [6, 6.07) is 12.3. The quantitative estimate of drug-likeness (QED) is 0.765. The summed E-state index contributed by atoms with van der Waals surface area (Å²) in [5.74, 6) is 0.242. The molecule has 2 rings (SSSR count). The number of amides is 1. The topological polar surface area (TPSA) is 90.4 Å². The number of primary amides is 1. The first-order chi connectivity index (χ1) is 10.1. The van der Waals surface area contributed by atoms with E-state index in [0.29, 0.717) is 29.4 Å². The molecule has 2 aromatic carbocycles. The highest BCUT2D eigenvalue weighted by molar-refractivity contribution is 6.33. The predicted octanol–water partition coefficient (Wildman–Crippen LogP) is 2.52. The first-order valence-electron chi connectivity index (χ1n) is 6.39. The van der Waals surface area contributed by atoms with Gasteiger partial charge >= 0.3 is 0 Å². The normalized spacial score (nSPS) is 10.2. The van der Waals surface area contributed by atoms with Gasteiger partial charge in [0.25, 0.3) is 0 Å². The summed E-state index contributed by atoms with van der Waals surface area (Å²) >= 11 is 6.11. The van der Waals surface area contributed by atoms with Gasteiger partial charge < -0.3 is 21.5 Å². The van der Waals surface area contributed by atoms with Crippen LogP contribution in [0.25, 0.3) is 0 Å². The van der Waals surface area contributed by atoms with E-state index in [0.717, 1.165) is 11.4 Å². The summed E-state index contributed by atoms with van der Waals surface area (Å²) in [7, 11) is 0. The molecule has 0 fully saturated rings. The van der Waals surface area contributed by atoms with E-state index in [4.69, 9.17) is 27.8 Å². The first-order valence-corrected chi connectivity index (χ1v) is 6.77. The number of ether oxygens (including phenoxy) is 1. The van der Waals surface area contributed by atoms with Crippen LogP contribution in [0.3, 0.4) is 0 Å². The van der Waals surface area contributed by atoms with E-state index in [1.165, 1.54) is 6.07 Å². The zero-order chi connectivity index (χ0) is 15.2. The molecule has 0 aliphatic rings. The van der Waals surface area contributed by atoms with Crippen LogP contribution in [0.5, 0.6) is 5.75 Å². The zero-order valence-corrected chi connectivity index (χ0v) is 12.1. The zero-order valence-electron chi connectivity index (χ0n) is 11.3. The number of hydrogen-bond acceptors (Lipinski definition) is 4. The fourth-order valence-electron chi connectivity index (χ4n) is 1.74. The molecular weight excluding hydrogens is 290 g/mol.